The van der Waals surface area contributed by atoms with Gasteiger partial charge in [0.15, 0.2) is 0 Å². The molecule has 108 valence electrons. The molecule has 0 aliphatic heterocycles. The minimum Gasteiger partial charge on any atom is -0.375 e. The predicted molar refractivity (Wildman–Crippen MR) is 66.6 cm³/mol. The molecule has 0 saturated carbocycles. The molecule has 0 amide bonds. The first-order chi connectivity index (χ1) is 9.01. The Morgan fingerprint density at radius 2 is 2.11 bits per heavy atom. The van der Waals surface area contributed by atoms with E-state index < -0.39 is 12.6 Å². The quantitative estimate of drug-likeness (QED) is 0.741. The first-order valence-electron chi connectivity index (χ1n) is 6.30. The van der Waals surface area contributed by atoms with Crippen LogP contribution in [0, 0.1) is 0 Å². The van der Waals surface area contributed by atoms with Crippen LogP contribution in [0.4, 0.5) is 13.2 Å². The van der Waals surface area contributed by atoms with Crippen molar-refractivity contribution in [2.45, 2.75) is 39.1 Å². The molecular formula is C13H19F3N2O. The fourth-order valence-electron chi connectivity index (χ4n) is 1.47. The number of rotatable bonds is 8. The summed E-state index contributed by atoms with van der Waals surface area (Å²) >= 11 is 0. The molecule has 0 spiro atoms. The third-order valence-corrected chi connectivity index (χ3v) is 2.46. The number of nitrogens with zero attached hydrogens (tertiary/aromatic N) is 1. The average Bonchev–Trinajstić information content (AvgIpc) is 2.36. The van der Waals surface area contributed by atoms with Gasteiger partial charge in [0, 0.05) is 25.8 Å². The average molecular weight is 276 g/mol. The molecule has 0 atom stereocenters. The van der Waals surface area contributed by atoms with Crippen molar-refractivity contribution in [3.05, 3.63) is 29.6 Å². The summed E-state index contributed by atoms with van der Waals surface area (Å²) in [6, 6.07) is 3.76. The fraction of sp³-hybridized carbons (Fsp3) is 0.615. The van der Waals surface area contributed by atoms with Crippen molar-refractivity contribution in [1.29, 1.82) is 0 Å². The van der Waals surface area contributed by atoms with Crippen LogP contribution >= 0.6 is 0 Å². The molecule has 0 fully saturated rings. The number of hydrogen-bond acceptors (Lipinski definition) is 3. The van der Waals surface area contributed by atoms with Gasteiger partial charge in [-0.05, 0) is 24.6 Å². The zero-order valence-electron chi connectivity index (χ0n) is 11.0. The van der Waals surface area contributed by atoms with Crippen molar-refractivity contribution in [1.82, 2.24) is 10.3 Å². The molecule has 0 radical (unpaired) electrons. The highest BCUT2D eigenvalue weighted by Crippen LogP contribution is 2.21. The van der Waals surface area contributed by atoms with Gasteiger partial charge in [-0.3, -0.25) is 4.98 Å². The normalized spacial score (nSPS) is 11.8. The predicted octanol–water partition coefficient (Wildman–Crippen LogP) is 3.05. The van der Waals surface area contributed by atoms with E-state index in [0.29, 0.717) is 0 Å². The molecule has 1 aromatic heterocycles. The second-order valence-electron chi connectivity index (χ2n) is 4.21. The van der Waals surface area contributed by atoms with Gasteiger partial charge in [-0.2, -0.15) is 13.2 Å². The molecule has 0 bridgehead atoms. The lowest BCUT2D eigenvalue weighted by molar-refractivity contribution is -0.138. The number of hydrogen-bond donors (Lipinski definition) is 1. The molecule has 1 N–H and O–H groups in total. The number of ether oxygens (including phenoxy) is 1. The summed E-state index contributed by atoms with van der Waals surface area (Å²) in [4.78, 5) is 4.19. The van der Waals surface area contributed by atoms with Crippen LogP contribution in [0.1, 0.15) is 31.0 Å². The molecule has 1 aromatic rings. The van der Waals surface area contributed by atoms with E-state index in [1.807, 2.05) is 19.1 Å². The van der Waals surface area contributed by atoms with Gasteiger partial charge < -0.3 is 10.1 Å². The van der Waals surface area contributed by atoms with E-state index in [1.54, 1.807) is 6.20 Å². The van der Waals surface area contributed by atoms with Gasteiger partial charge in [0.2, 0.25) is 0 Å². The molecule has 19 heavy (non-hydrogen) atoms. The van der Waals surface area contributed by atoms with E-state index in [9.17, 15) is 13.2 Å². The number of alkyl halides is 3. The maximum atomic E-state index is 11.9. The standard InChI is InChI=1S/C13H19F3N2O/c1-2-17-8-11-4-5-12(18-9-11)10-19-7-3-6-13(14,15)16/h4-5,9,17H,2-3,6-8,10H2,1H3. The lowest BCUT2D eigenvalue weighted by atomic mass is 10.2. The van der Waals surface area contributed by atoms with Gasteiger partial charge in [0.1, 0.15) is 0 Å². The summed E-state index contributed by atoms with van der Waals surface area (Å²) in [6.45, 7) is 4.02. The number of aromatic nitrogens is 1. The summed E-state index contributed by atoms with van der Waals surface area (Å²) in [6.07, 6.45) is -3.17. The van der Waals surface area contributed by atoms with E-state index in [2.05, 4.69) is 10.3 Å². The van der Waals surface area contributed by atoms with Gasteiger partial charge >= 0.3 is 6.18 Å². The van der Waals surface area contributed by atoms with Crippen LogP contribution in [0.15, 0.2) is 18.3 Å². The number of halogens is 3. The molecule has 0 aliphatic carbocycles. The van der Waals surface area contributed by atoms with Crippen LogP contribution in [0.2, 0.25) is 0 Å². The van der Waals surface area contributed by atoms with E-state index in [4.69, 9.17) is 4.74 Å². The fourth-order valence-corrected chi connectivity index (χ4v) is 1.47. The number of pyridine rings is 1. The molecule has 0 saturated heterocycles. The second-order valence-corrected chi connectivity index (χ2v) is 4.21. The minimum atomic E-state index is -4.10. The Hall–Kier alpha value is -1.14. The molecule has 0 aliphatic rings. The smallest absolute Gasteiger partial charge is 0.375 e. The van der Waals surface area contributed by atoms with Crippen LogP contribution in [-0.2, 0) is 17.9 Å². The largest absolute Gasteiger partial charge is 0.389 e. The van der Waals surface area contributed by atoms with Crippen molar-refractivity contribution >= 4 is 0 Å². The first-order valence-corrected chi connectivity index (χ1v) is 6.30. The molecule has 0 aromatic carbocycles. The van der Waals surface area contributed by atoms with Crippen LogP contribution in [-0.4, -0.2) is 24.3 Å². The Labute approximate surface area is 111 Å². The number of nitrogens with one attached hydrogen (secondary N) is 1. The Bertz CT molecular complexity index is 352. The summed E-state index contributed by atoms with van der Waals surface area (Å²) in [5, 5.41) is 3.18. The van der Waals surface area contributed by atoms with Crippen molar-refractivity contribution in [3.8, 4) is 0 Å². The van der Waals surface area contributed by atoms with Crippen molar-refractivity contribution < 1.29 is 17.9 Å². The molecule has 3 nitrogen and oxygen atoms in total. The molecule has 6 heteroatoms. The SMILES string of the molecule is CCNCc1ccc(COCCCC(F)(F)F)nc1. The van der Waals surface area contributed by atoms with Gasteiger partial charge in [0.25, 0.3) is 0 Å². The first kappa shape index (κ1) is 15.9. The third-order valence-electron chi connectivity index (χ3n) is 2.46. The van der Waals surface area contributed by atoms with Gasteiger partial charge in [-0.1, -0.05) is 13.0 Å². The van der Waals surface area contributed by atoms with Crippen LogP contribution in [0.3, 0.4) is 0 Å². The summed E-state index contributed by atoms with van der Waals surface area (Å²) in [5.41, 5.74) is 1.80. The van der Waals surface area contributed by atoms with Crippen molar-refractivity contribution in [2.24, 2.45) is 0 Å². The zero-order valence-corrected chi connectivity index (χ0v) is 11.0. The van der Waals surface area contributed by atoms with Crippen molar-refractivity contribution in [3.63, 3.8) is 0 Å². The highest BCUT2D eigenvalue weighted by molar-refractivity contribution is 5.13. The van der Waals surface area contributed by atoms with Crippen LogP contribution in [0.25, 0.3) is 0 Å². The summed E-state index contributed by atoms with van der Waals surface area (Å²) in [5.74, 6) is 0. The summed E-state index contributed by atoms with van der Waals surface area (Å²) < 4.78 is 40.8. The molecule has 1 rings (SSSR count). The second kappa shape index (κ2) is 8.12. The van der Waals surface area contributed by atoms with E-state index in [0.717, 1.165) is 24.3 Å². The molecular weight excluding hydrogens is 257 g/mol. The lowest BCUT2D eigenvalue weighted by Gasteiger charge is -2.07. The van der Waals surface area contributed by atoms with Crippen LogP contribution in [0.5, 0.6) is 0 Å². The maximum Gasteiger partial charge on any atom is 0.389 e. The zero-order chi connectivity index (χ0) is 14.1. The van der Waals surface area contributed by atoms with Gasteiger partial charge in [0.05, 0.1) is 12.3 Å². The minimum absolute atomic E-state index is 0.0119. The van der Waals surface area contributed by atoms with Gasteiger partial charge in [-0.25, -0.2) is 0 Å². The Kier molecular flexibility index (Phi) is 6.80. The summed E-state index contributed by atoms with van der Waals surface area (Å²) in [7, 11) is 0. The Morgan fingerprint density at radius 1 is 1.32 bits per heavy atom. The van der Waals surface area contributed by atoms with E-state index >= 15 is 0 Å². The Morgan fingerprint density at radius 3 is 2.68 bits per heavy atom. The van der Waals surface area contributed by atoms with Gasteiger partial charge in [-0.15, -0.1) is 0 Å². The van der Waals surface area contributed by atoms with E-state index in [1.165, 1.54) is 0 Å². The topological polar surface area (TPSA) is 34.1 Å². The maximum absolute atomic E-state index is 11.9. The third kappa shape index (κ3) is 7.79. The van der Waals surface area contributed by atoms with Crippen molar-refractivity contribution in [2.75, 3.05) is 13.2 Å². The molecule has 1 heterocycles. The highest BCUT2D eigenvalue weighted by Gasteiger charge is 2.25. The highest BCUT2D eigenvalue weighted by atomic mass is 19.4. The van der Waals surface area contributed by atoms with E-state index in [-0.39, 0.29) is 19.6 Å². The van der Waals surface area contributed by atoms with Crippen LogP contribution < -0.4 is 5.32 Å². The monoisotopic (exact) mass is 276 g/mol. The molecule has 0 unspecified atom stereocenters. The lowest BCUT2D eigenvalue weighted by Crippen LogP contribution is -2.12. The Balaban J connectivity index is 2.19.